The fourth-order valence-electron chi connectivity index (χ4n) is 5.08. The topological polar surface area (TPSA) is 155 Å². The standard InChI is InChI=1S/C40H72NO9P/c1-2-3-4-5-6-7-8-16-20-23-26-29-32-40(44)50-38(37-49-51(45,46)48-35-33-41)36-47-39(43)31-28-25-22-19-17-14-12-10-9-11-13-15-18-21-24-27-30-34-42/h9,11-12,14-15,18-19,22,38,42H,2-8,10,13,16-17,20-21,23-37,41H2,1H3,(H,45,46)/b11-9-,14-12-,18-15-,22-19-/t38-/m1/s1. The fourth-order valence-corrected chi connectivity index (χ4v) is 5.84. The van der Waals surface area contributed by atoms with Gasteiger partial charge in [-0.2, -0.15) is 0 Å². The van der Waals surface area contributed by atoms with E-state index in [1.807, 2.05) is 6.08 Å². The molecule has 0 bridgehead atoms. The number of phosphoric ester groups is 1. The fraction of sp³-hybridized carbons (Fsp3) is 0.750. The summed E-state index contributed by atoms with van der Waals surface area (Å²) in [5.74, 6) is -0.910. The minimum atomic E-state index is -4.39. The zero-order valence-corrected chi connectivity index (χ0v) is 32.7. The van der Waals surface area contributed by atoms with E-state index < -0.39 is 32.5 Å². The van der Waals surface area contributed by atoms with Crippen LogP contribution >= 0.6 is 7.82 Å². The van der Waals surface area contributed by atoms with E-state index in [1.165, 1.54) is 51.4 Å². The van der Waals surface area contributed by atoms with Crippen molar-refractivity contribution in [3.63, 3.8) is 0 Å². The summed E-state index contributed by atoms with van der Waals surface area (Å²) < 4.78 is 32.6. The molecule has 0 amide bonds. The van der Waals surface area contributed by atoms with E-state index in [0.29, 0.717) is 12.8 Å². The first-order valence-corrected chi connectivity index (χ1v) is 21.2. The van der Waals surface area contributed by atoms with Crippen molar-refractivity contribution in [3.05, 3.63) is 48.6 Å². The second kappa shape index (κ2) is 37.7. The van der Waals surface area contributed by atoms with E-state index in [1.54, 1.807) is 0 Å². The number of esters is 2. The summed E-state index contributed by atoms with van der Waals surface area (Å²) in [6.07, 6.45) is 38.7. The lowest BCUT2D eigenvalue weighted by Gasteiger charge is -2.19. The van der Waals surface area contributed by atoms with Gasteiger partial charge in [-0.25, -0.2) is 4.57 Å². The van der Waals surface area contributed by atoms with E-state index in [2.05, 4.69) is 49.5 Å². The minimum Gasteiger partial charge on any atom is -0.462 e. The van der Waals surface area contributed by atoms with Crippen LogP contribution in [0.2, 0.25) is 0 Å². The summed E-state index contributed by atoms with van der Waals surface area (Å²) in [5.41, 5.74) is 5.33. The van der Waals surface area contributed by atoms with Crippen molar-refractivity contribution in [2.24, 2.45) is 5.73 Å². The van der Waals surface area contributed by atoms with Gasteiger partial charge in [-0.05, 0) is 57.8 Å². The monoisotopic (exact) mass is 741 g/mol. The van der Waals surface area contributed by atoms with Crippen molar-refractivity contribution in [3.8, 4) is 0 Å². The number of carbonyl (C=O) groups is 2. The Labute approximate surface area is 309 Å². The largest absolute Gasteiger partial charge is 0.472 e. The molecule has 0 aliphatic carbocycles. The summed E-state index contributed by atoms with van der Waals surface area (Å²) in [6.45, 7) is 1.65. The Morgan fingerprint density at radius 2 is 1.12 bits per heavy atom. The molecule has 0 aliphatic rings. The lowest BCUT2D eigenvalue weighted by molar-refractivity contribution is -0.161. The van der Waals surface area contributed by atoms with Crippen molar-refractivity contribution in [1.82, 2.24) is 0 Å². The minimum absolute atomic E-state index is 0.0413. The molecule has 0 saturated carbocycles. The van der Waals surface area contributed by atoms with Crippen LogP contribution in [0, 0.1) is 0 Å². The van der Waals surface area contributed by atoms with E-state index in [-0.39, 0.29) is 39.2 Å². The van der Waals surface area contributed by atoms with Gasteiger partial charge < -0.3 is 25.2 Å². The number of hydrogen-bond donors (Lipinski definition) is 3. The summed E-state index contributed by atoms with van der Waals surface area (Å²) in [6, 6.07) is 0. The molecule has 0 fully saturated rings. The lowest BCUT2D eigenvalue weighted by atomic mass is 10.0. The normalized spacial score (nSPS) is 13.9. The molecule has 0 aromatic heterocycles. The molecule has 0 spiro atoms. The van der Waals surface area contributed by atoms with Crippen LogP contribution in [0.15, 0.2) is 48.6 Å². The van der Waals surface area contributed by atoms with Crippen LogP contribution < -0.4 is 5.73 Å². The summed E-state index contributed by atoms with van der Waals surface area (Å²) in [4.78, 5) is 34.7. The number of nitrogens with two attached hydrogens (primary N) is 1. The van der Waals surface area contributed by atoms with Crippen LogP contribution in [0.1, 0.15) is 155 Å². The van der Waals surface area contributed by atoms with Gasteiger partial charge in [0.05, 0.1) is 13.2 Å². The summed E-state index contributed by atoms with van der Waals surface area (Å²) in [5, 5.41) is 8.78. The molecule has 1 unspecified atom stereocenters. The highest BCUT2D eigenvalue weighted by atomic mass is 31.2. The van der Waals surface area contributed by atoms with Crippen LogP contribution in [0.5, 0.6) is 0 Å². The molecule has 0 aromatic carbocycles. The number of allylic oxidation sites excluding steroid dienone is 8. The van der Waals surface area contributed by atoms with Gasteiger partial charge in [0.1, 0.15) is 6.61 Å². The maximum Gasteiger partial charge on any atom is 0.472 e. The van der Waals surface area contributed by atoms with Gasteiger partial charge in [0.15, 0.2) is 6.10 Å². The molecule has 0 saturated heterocycles. The number of carbonyl (C=O) groups excluding carboxylic acids is 2. The number of ether oxygens (including phenoxy) is 2. The average molecular weight is 742 g/mol. The Balaban J connectivity index is 4.29. The van der Waals surface area contributed by atoms with Crippen LogP contribution in [0.25, 0.3) is 0 Å². The zero-order valence-electron chi connectivity index (χ0n) is 31.8. The van der Waals surface area contributed by atoms with E-state index in [9.17, 15) is 19.0 Å². The van der Waals surface area contributed by atoms with E-state index in [4.69, 9.17) is 29.4 Å². The third kappa shape index (κ3) is 37.5. The number of hydrogen-bond acceptors (Lipinski definition) is 9. The Morgan fingerprint density at radius 3 is 1.67 bits per heavy atom. The molecule has 4 N–H and O–H groups in total. The van der Waals surface area contributed by atoms with Crippen molar-refractivity contribution in [2.75, 3.05) is 33.0 Å². The molecule has 51 heavy (non-hydrogen) atoms. The Bertz CT molecular complexity index is 983. The van der Waals surface area contributed by atoms with Gasteiger partial charge in [0.25, 0.3) is 0 Å². The highest BCUT2D eigenvalue weighted by Crippen LogP contribution is 2.43. The molecule has 10 nitrogen and oxygen atoms in total. The lowest BCUT2D eigenvalue weighted by Crippen LogP contribution is -2.29. The van der Waals surface area contributed by atoms with Crippen molar-refractivity contribution in [2.45, 2.75) is 161 Å². The molecule has 0 radical (unpaired) electrons. The van der Waals surface area contributed by atoms with E-state index in [0.717, 1.165) is 70.6 Å². The number of aliphatic hydroxyl groups excluding tert-OH is 1. The van der Waals surface area contributed by atoms with Gasteiger partial charge in [0.2, 0.25) is 0 Å². The van der Waals surface area contributed by atoms with Gasteiger partial charge in [-0.1, -0.05) is 133 Å². The van der Waals surface area contributed by atoms with Crippen molar-refractivity contribution < 1.29 is 42.7 Å². The number of phosphoric acid groups is 1. The van der Waals surface area contributed by atoms with Crippen LogP contribution in [0.3, 0.4) is 0 Å². The number of rotatable bonds is 37. The highest BCUT2D eigenvalue weighted by molar-refractivity contribution is 7.47. The Kier molecular flexibility index (Phi) is 36.2. The van der Waals surface area contributed by atoms with Crippen molar-refractivity contribution >= 4 is 19.8 Å². The Hall–Kier alpha value is -2.07. The van der Waals surface area contributed by atoms with Gasteiger partial charge in [-0.15, -0.1) is 0 Å². The first kappa shape index (κ1) is 48.9. The maximum absolute atomic E-state index is 12.5. The van der Waals surface area contributed by atoms with Crippen LogP contribution in [-0.2, 0) is 32.7 Å². The summed E-state index contributed by atoms with van der Waals surface area (Å²) >= 11 is 0. The molecular formula is C40H72NO9P. The predicted molar refractivity (Wildman–Crippen MR) is 207 cm³/mol. The maximum atomic E-state index is 12.5. The van der Waals surface area contributed by atoms with Gasteiger partial charge in [-0.3, -0.25) is 18.6 Å². The average Bonchev–Trinajstić information content (AvgIpc) is 3.11. The smallest absolute Gasteiger partial charge is 0.462 e. The summed E-state index contributed by atoms with van der Waals surface area (Å²) in [7, 11) is -4.39. The molecule has 2 atom stereocenters. The number of aliphatic hydroxyl groups is 1. The third-order valence-electron chi connectivity index (χ3n) is 8.02. The Morgan fingerprint density at radius 1 is 0.627 bits per heavy atom. The third-order valence-corrected chi connectivity index (χ3v) is 9.01. The van der Waals surface area contributed by atoms with Gasteiger partial charge >= 0.3 is 19.8 Å². The first-order valence-electron chi connectivity index (χ1n) is 19.7. The van der Waals surface area contributed by atoms with Crippen molar-refractivity contribution in [1.29, 1.82) is 0 Å². The highest BCUT2D eigenvalue weighted by Gasteiger charge is 2.25. The SMILES string of the molecule is CCCCCCCCCCCCCCC(=O)O[C@H](COC(=O)CCC/C=C\C/C=C\C/C=C\C/C=C\CCCCCO)COP(=O)(O)OCCN. The molecule has 296 valence electrons. The molecular weight excluding hydrogens is 669 g/mol. The number of unbranched alkanes of at least 4 members (excludes halogenated alkanes) is 15. The second-order valence-electron chi connectivity index (χ2n) is 12.9. The predicted octanol–water partition coefficient (Wildman–Crippen LogP) is 9.74. The quantitative estimate of drug-likeness (QED) is 0.0243. The van der Waals surface area contributed by atoms with Crippen LogP contribution in [0.4, 0.5) is 0 Å². The molecule has 0 rings (SSSR count). The first-order chi connectivity index (χ1) is 24.8. The molecule has 0 heterocycles. The molecule has 0 aliphatic heterocycles. The second-order valence-corrected chi connectivity index (χ2v) is 14.3. The van der Waals surface area contributed by atoms with Crippen LogP contribution in [-0.4, -0.2) is 61.0 Å². The van der Waals surface area contributed by atoms with Gasteiger partial charge in [0, 0.05) is 26.0 Å². The van der Waals surface area contributed by atoms with E-state index >= 15 is 0 Å². The zero-order chi connectivity index (χ0) is 37.5. The molecule has 11 heteroatoms. The molecule has 0 aromatic rings.